The van der Waals surface area contributed by atoms with E-state index < -0.39 is 29.3 Å². The lowest BCUT2D eigenvalue weighted by atomic mass is 10.3. The van der Waals surface area contributed by atoms with Gasteiger partial charge in [0.1, 0.15) is 11.5 Å². The minimum Gasteiger partial charge on any atom is -0.497 e. The summed E-state index contributed by atoms with van der Waals surface area (Å²) in [4.78, 5) is 2.42. The fourth-order valence-electron chi connectivity index (χ4n) is 1.34. The summed E-state index contributed by atoms with van der Waals surface area (Å²) in [6, 6.07) is 5.69. The topological polar surface area (TPSA) is 31.4 Å². The smallest absolute Gasteiger partial charge is 0.255 e. The lowest BCUT2D eigenvalue weighted by Gasteiger charge is -2.09. The molecule has 3 nitrogen and oxygen atoms in total. The molecule has 0 radical (unpaired) electrons. The summed E-state index contributed by atoms with van der Waals surface area (Å²) in [6.07, 6.45) is 0. The molecule has 100 valence electrons. The highest BCUT2D eigenvalue weighted by Crippen LogP contribution is 2.30. The average molecular weight is 273 g/mol. The predicted octanol–water partition coefficient (Wildman–Crippen LogP) is 3.44. The number of pyridine rings is 1. The van der Waals surface area contributed by atoms with Gasteiger partial charge in [0.15, 0.2) is 0 Å². The van der Waals surface area contributed by atoms with Gasteiger partial charge in [-0.05, 0) is 12.1 Å². The fraction of sp³-hybridized carbons (Fsp3) is 0.0833. The molecule has 0 atom stereocenters. The molecule has 2 rings (SSSR count). The van der Waals surface area contributed by atoms with E-state index in [4.69, 9.17) is 9.47 Å². The van der Waals surface area contributed by atoms with E-state index in [0.29, 0.717) is 5.75 Å². The van der Waals surface area contributed by atoms with Crippen molar-refractivity contribution in [1.82, 2.24) is 4.98 Å². The molecule has 0 spiro atoms. The van der Waals surface area contributed by atoms with Crippen LogP contribution in [0.1, 0.15) is 0 Å². The van der Waals surface area contributed by atoms with E-state index in [1.807, 2.05) is 0 Å². The number of benzene rings is 1. The standard InChI is InChI=1S/C12H7F4NO2/c1-18-6-3-2-4-7(5-6)19-10-8(13)11(15)17-12(16)9(10)14/h2-5H,1H3. The van der Waals surface area contributed by atoms with E-state index in [9.17, 15) is 17.6 Å². The first kappa shape index (κ1) is 13.1. The van der Waals surface area contributed by atoms with E-state index in [2.05, 4.69) is 4.98 Å². The van der Waals surface area contributed by atoms with Crippen molar-refractivity contribution in [3.8, 4) is 17.2 Å². The highest BCUT2D eigenvalue weighted by molar-refractivity contribution is 5.37. The molecule has 1 aromatic carbocycles. The summed E-state index contributed by atoms with van der Waals surface area (Å²) in [6.45, 7) is 0. The summed E-state index contributed by atoms with van der Waals surface area (Å²) < 4.78 is 62.0. The molecule has 0 aliphatic heterocycles. The van der Waals surface area contributed by atoms with Gasteiger partial charge in [-0.3, -0.25) is 0 Å². The Morgan fingerprint density at radius 3 is 2.11 bits per heavy atom. The van der Waals surface area contributed by atoms with Crippen LogP contribution in [0.25, 0.3) is 0 Å². The van der Waals surface area contributed by atoms with E-state index in [-0.39, 0.29) is 5.75 Å². The highest BCUT2D eigenvalue weighted by atomic mass is 19.2. The molecule has 2 aromatic rings. The molecule has 0 amide bonds. The maximum absolute atomic E-state index is 13.3. The lowest BCUT2D eigenvalue weighted by molar-refractivity contribution is 0.341. The summed E-state index contributed by atoms with van der Waals surface area (Å²) in [5, 5.41) is 0. The van der Waals surface area contributed by atoms with E-state index in [0.717, 1.165) is 0 Å². The molecule has 0 aliphatic rings. The summed E-state index contributed by atoms with van der Waals surface area (Å²) in [5.74, 6) is -7.86. The van der Waals surface area contributed by atoms with Crippen LogP contribution < -0.4 is 9.47 Å². The molecule has 0 N–H and O–H groups in total. The monoisotopic (exact) mass is 273 g/mol. The van der Waals surface area contributed by atoms with Gasteiger partial charge in [-0.15, -0.1) is 0 Å². The Morgan fingerprint density at radius 2 is 1.53 bits per heavy atom. The second-order valence-electron chi connectivity index (χ2n) is 3.43. The molecule has 0 saturated heterocycles. The number of nitrogens with zero attached hydrogens (tertiary/aromatic N) is 1. The number of aromatic nitrogens is 1. The Kier molecular flexibility index (Phi) is 3.55. The number of hydrogen-bond donors (Lipinski definition) is 0. The van der Waals surface area contributed by atoms with Gasteiger partial charge in [0.2, 0.25) is 17.4 Å². The molecule has 0 bridgehead atoms. The van der Waals surface area contributed by atoms with Gasteiger partial charge in [-0.25, -0.2) is 0 Å². The minimum atomic E-state index is -1.78. The minimum absolute atomic E-state index is 0.0397. The molecule has 1 aromatic heterocycles. The molecule has 0 fully saturated rings. The second-order valence-corrected chi connectivity index (χ2v) is 3.43. The summed E-state index contributed by atoms with van der Waals surface area (Å²) in [5.41, 5.74) is 0. The molecule has 0 saturated carbocycles. The van der Waals surface area contributed by atoms with Gasteiger partial charge in [-0.2, -0.15) is 22.5 Å². The van der Waals surface area contributed by atoms with Crippen LogP contribution in [-0.2, 0) is 0 Å². The van der Waals surface area contributed by atoms with E-state index in [1.165, 1.54) is 25.3 Å². The van der Waals surface area contributed by atoms with Crippen molar-refractivity contribution in [2.45, 2.75) is 0 Å². The maximum atomic E-state index is 13.3. The molecule has 1 heterocycles. The zero-order valence-electron chi connectivity index (χ0n) is 9.58. The number of hydrogen-bond acceptors (Lipinski definition) is 3. The quantitative estimate of drug-likeness (QED) is 0.634. The Labute approximate surface area is 105 Å². The van der Waals surface area contributed by atoms with Crippen LogP contribution >= 0.6 is 0 Å². The van der Waals surface area contributed by atoms with E-state index >= 15 is 0 Å². The van der Waals surface area contributed by atoms with Crippen LogP contribution in [0.5, 0.6) is 17.2 Å². The number of rotatable bonds is 3. The van der Waals surface area contributed by atoms with Crippen molar-refractivity contribution in [3.63, 3.8) is 0 Å². The molecular formula is C12H7F4NO2. The Morgan fingerprint density at radius 1 is 0.947 bits per heavy atom. The van der Waals surface area contributed by atoms with Crippen LogP contribution in [0.2, 0.25) is 0 Å². The third-order valence-corrected chi connectivity index (χ3v) is 2.22. The van der Waals surface area contributed by atoms with E-state index in [1.54, 1.807) is 6.07 Å². The van der Waals surface area contributed by atoms with Gasteiger partial charge < -0.3 is 9.47 Å². The van der Waals surface area contributed by atoms with Crippen molar-refractivity contribution in [1.29, 1.82) is 0 Å². The first-order valence-corrected chi connectivity index (χ1v) is 5.05. The number of ether oxygens (including phenoxy) is 2. The average Bonchev–Trinajstić information content (AvgIpc) is 2.41. The van der Waals surface area contributed by atoms with Gasteiger partial charge in [0.25, 0.3) is 11.9 Å². The van der Waals surface area contributed by atoms with Crippen LogP contribution in [0.15, 0.2) is 24.3 Å². The molecular weight excluding hydrogens is 266 g/mol. The number of halogens is 4. The first-order valence-electron chi connectivity index (χ1n) is 5.05. The van der Waals surface area contributed by atoms with Gasteiger partial charge >= 0.3 is 0 Å². The second kappa shape index (κ2) is 5.13. The summed E-state index contributed by atoms with van der Waals surface area (Å²) >= 11 is 0. The molecule has 7 heteroatoms. The van der Waals surface area contributed by atoms with Crippen LogP contribution in [0.3, 0.4) is 0 Å². The molecule has 19 heavy (non-hydrogen) atoms. The van der Waals surface area contributed by atoms with Gasteiger partial charge in [0, 0.05) is 6.07 Å². The van der Waals surface area contributed by atoms with Crippen molar-refractivity contribution >= 4 is 0 Å². The van der Waals surface area contributed by atoms with Crippen LogP contribution in [0, 0.1) is 23.5 Å². The van der Waals surface area contributed by atoms with Crippen molar-refractivity contribution in [3.05, 3.63) is 47.8 Å². The Bertz CT molecular complexity index is 593. The van der Waals surface area contributed by atoms with Gasteiger partial charge in [0.05, 0.1) is 7.11 Å². The normalized spacial score (nSPS) is 10.4. The third-order valence-electron chi connectivity index (χ3n) is 2.22. The maximum Gasteiger partial charge on any atom is 0.255 e. The fourth-order valence-corrected chi connectivity index (χ4v) is 1.34. The van der Waals surface area contributed by atoms with Crippen LogP contribution in [0.4, 0.5) is 17.6 Å². The van der Waals surface area contributed by atoms with Crippen molar-refractivity contribution in [2.75, 3.05) is 7.11 Å². The molecule has 0 unspecified atom stereocenters. The summed E-state index contributed by atoms with van der Waals surface area (Å²) in [7, 11) is 1.38. The zero-order chi connectivity index (χ0) is 14.0. The van der Waals surface area contributed by atoms with Crippen molar-refractivity contribution < 1.29 is 27.0 Å². The predicted molar refractivity (Wildman–Crippen MR) is 57.1 cm³/mol. The van der Waals surface area contributed by atoms with Crippen molar-refractivity contribution in [2.24, 2.45) is 0 Å². The SMILES string of the molecule is COc1cccc(Oc2c(F)c(F)nc(F)c2F)c1. The third kappa shape index (κ3) is 2.59. The van der Waals surface area contributed by atoms with Gasteiger partial charge in [-0.1, -0.05) is 6.07 Å². The zero-order valence-corrected chi connectivity index (χ0v) is 9.58. The Balaban J connectivity index is 2.43. The molecule has 0 aliphatic carbocycles. The van der Waals surface area contributed by atoms with Crippen LogP contribution in [-0.4, -0.2) is 12.1 Å². The highest BCUT2D eigenvalue weighted by Gasteiger charge is 2.22. The first-order chi connectivity index (χ1) is 9.02. The number of methoxy groups -OCH3 is 1. The largest absolute Gasteiger partial charge is 0.497 e. The Hall–Kier alpha value is -2.31. The lowest BCUT2D eigenvalue weighted by Crippen LogP contribution is -2.03.